The van der Waals surface area contributed by atoms with Crippen LogP contribution in [-0.4, -0.2) is 19.1 Å². The number of aryl methyl sites for hydroxylation is 1. The van der Waals surface area contributed by atoms with Crippen LogP contribution in [0.5, 0.6) is 0 Å². The molecule has 0 bridgehead atoms. The number of rotatable bonds is 4. The third-order valence-electron chi connectivity index (χ3n) is 2.93. The van der Waals surface area contributed by atoms with Gasteiger partial charge in [0.15, 0.2) is 0 Å². The van der Waals surface area contributed by atoms with Gasteiger partial charge in [-0.05, 0) is 36.2 Å². The summed E-state index contributed by atoms with van der Waals surface area (Å²) >= 11 is 0. The maximum atomic E-state index is 13.1. The number of hydrogen-bond acceptors (Lipinski definition) is 3. The van der Waals surface area contributed by atoms with Crippen LogP contribution in [-0.2, 0) is 6.54 Å². The summed E-state index contributed by atoms with van der Waals surface area (Å²) in [6.07, 6.45) is 1.80. The number of pyridine rings is 1. The van der Waals surface area contributed by atoms with Crippen LogP contribution in [0.25, 0.3) is 0 Å². The van der Waals surface area contributed by atoms with Gasteiger partial charge in [-0.3, -0.25) is 0 Å². The predicted molar refractivity (Wildman–Crippen MR) is 77.0 cm³/mol. The monoisotopic (exact) mass is 259 g/mol. The highest BCUT2D eigenvalue weighted by atomic mass is 19.1. The molecule has 0 aliphatic carbocycles. The number of benzene rings is 1. The lowest BCUT2D eigenvalue weighted by Gasteiger charge is -2.12. The van der Waals surface area contributed by atoms with E-state index in [-0.39, 0.29) is 5.82 Å². The van der Waals surface area contributed by atoms with E-state index in [0.29, 0.717) is 12.1 Å². The van der Waals surface area contributed by atoms with Gasteiger partial charge in [0.05, 0.1) is 11.9 Å². The van der Waals surface area contributed by atoms with Crippen molar-refractivity contribution in [3.63, 3.8) is 0 Å². The van der Waals surface area contributed by atoms with Crippen LogP contribution in [0, 0.1) is 12.7 Å². The molecule has 0 spiro atoms. The van der Waals surface area contributed by atoms with Crippen molar-refractivity contribution in [3.05, 3.63) is 53.5 Å². The Labute approximate surface area is 113 Å². The highest BCUT2D eigenvalue weighted by molar-refractivity contribution is 5.48. The van der Waals surface area contributed by atoms with E-state index < -0.39 is 0 Å². The maximum absolute atomic E-state index is 13.1. The molecule has 3 nitrogen and oxygen atoms in total. The summed E-state index contributed by atoms with van der Waals surface area (Å²) < 4.78 is 13.1. The van der Waals surface area contributed by atoms with Gasteiger partial charge in [0.2, 0.25) is 0 Å². The van der Waals surface area contributed by atoms with Gasteiger partial charge in [0.1, 0.15) is 11.6 Å². The fourth-order valence-corrected chi connectivity index (χ4v) is 1.78. The topological polar surface area (TPSA) is 28.2 Å². The number of anilines is 2. The average molecular weight is 259 g/mol. The molecule has 0 saturated carbocycles. The van der Waals surface area contributed by atoms with Crippen molar-refractivity contribution < 1.29 is 4.39 Å². The molecule has 1 aromatic heterocycles. The quantitative estimate of drug-likeness (QED) is 0.914. The largest absolute Gasteiger partial charge is 0.380 e. The standard InChI is InChI=1S/C15H18FN3/c1-11-8-12(4-6-14(11)16)9-17-13-5-7-15(18-10-13)19(2)3/h4-8,10,17H,9H2,1-3H3. The van der Waals surface area contributed by atoms with E-state index in [1.807, 2.05) is 37.2 Å². The molecule has 0 fully saturated rings. The fraction of sp³-hybridized carbons (Fsp3) is 0.267. The molecule has 2 rings (SSSR count). The molecule has 0 aliphatic rings. The van der Waals surface area contributed by atoms with Gasteiger partial charge in [-0.2, -0.15) is 0 Å². The van der Waals surface area contributed by atoms with Crippen molar-refractivity contribution in [2.24, 2.45) is 0 Å². The SMILES string of the molecule is Cc1cc(CNc2ccc(N(C)C)nc2)ccc1F. The molecule has 1 heterocycles. The first-order valence-corrected chi connectivity index (χ1v) is 6.18. The lowest BCUT2D eigenvalue weighted by Crippen LogP contribution is -2.10. The van der Waals surface area contributed by atoms with E-state index in [1.54, 1.807) is 19.2 Å². The van der Waals surface area contributed by atoms with E-state index in [0.717, 1.165) is 17.1 Å². The molecular formula is C15H18FN3. The predicted octanol–water partition coefficient (Wildman–Crippen LogP) is 3.21. The number of nitrogens with one attached hydrogen (secondary N) is 1. The molecule has 0 amide bonds. The number of nitrogens with zero attached hydrogens (tertiary/aromatic N) is 2. The van der Waals surface area contributed by atoms with Crippen molar-refractivity contribution >= 4 is 11.5 Å². The van der Waals surface area contributed by atoms with E-state index in [2.05, 4.69) is 10.3 Å². The first-order chi connectivity index (χ1) is 9.06. The molecule has 0 aliphatic heterocycles. The first kappa shape index (κ1) is 13.3. The summed E-state index contributed by atoms with van der Waals surface area (Å²) in [4.78, 5) is 6.28. The smallest absolute Gasteiger partial charge is 0.128 e. The first-order valence-electron chi connectivity index (χ1n) is 6.18. The molecule has 100 valence electrons. The molecule has 19 heavy (non-hydrogen) atoms. The van der Waals surface area contributed by atoms with Gasteiger partial charge < -0.3 is 10.2 Å². The van der Waals surface area contributed by atoms with Gasteiger partial charge in [-0.1, -0.05) is 12.1 Å². The average Bonchev–Trinajstić information content (AvgIpc) is 2.40. The molecule has 0 unspecified atom stereocenters. The summed E-state index contributed by atoms with van der Waals surface area (Å²) in [7, 11) is 3.91. The molecule has 4 heteroatoms. The Kier molecular flexibility index (Phi) is 4.00. The summed E-state index contributed by atoms with van der Waals surface area (Å²) in [6.45, 7) is 2.43. The lowest BCUT2D eigenvalue weighted by atomic mass is 10.1. The number of aromatic nitrogens is 1. The Bertz CT molecular complexity index is 550. The normalized spacial score (nSPS) is 10.3. The number of hydrogen-bond donors (Lipinski definition) is 1. The molecular weight excluding hydrogens is 241 g/mol. The summed E-state index contributed by atoms with van der Waals surface area (Å²) in [5, 5.41) is 3.27. The van der Waals surface area contributed by atoms with Crippen LogP contribution in [0.3, 0.4) is 0 Å². The van der Waals surface area contributed by atoms with Crippen LogP contribution in [0.4, 0.5) is 15.9 Å². The van der Waals surface area contributed by atoms with Crippen LogP contribution < -0.4 is 10.2 Å². The Hall–Kier alpha value is -2.10. The highest BCUT2D eigenvalue weighted by Crippen LogP contribution is 2.14. The second-order valence-electron chi connectivity index (χ2n) is 4.74. The summed E-state index contributed by atoms with van der Waals surface area (Å²) in [5.41, 5.74) is 2.67. The Balaban J connectivity index is 2.00. The van der Waals surface area contributed by atoms with Crippen molar-refractivity contribution in [1.29, 1.82) is 0 Å². The molecule has 0 radical (unpaired) electrons. The summed E-state index contributed by atoms with van der Waals surface area (Å²) in [5.74, 6) is 0.754. The second-order valence-corrected chi connectivity index (χ2v) is 4.74. The Morgan fingerprint density at radius 1 is 1.21 bits per heavy atom. The minimum atomic E-state index is -0.166. The third-order valence-corrected chi connectivity index (χ3v) is 2.93. The van der Waals surface area contributed by atoms with Crippen LogP contribution in [0.15, 0.2) is 36.5 Å². The van der Waals surface area contributed by atoms with E-state index >= 15 is 0 Å². The lowest BCUT2D eigenvalue weighted by molar-refractivity contribution is 0.617. The summed E-state index contributed by atoms with van der Waals surface area (Å²) in [6, 6.07) is 9.08. The highest BCUT2D eigenvalue weighted by Gasteiger charge is 2.00. The van der Waals surface area contributed by atoms with Gasteiger partial charge in [0.25, 0.3) is 0 Å². The van der Waals surface area contributed by atoms with Gasteiger partial charge in [0, 0.05) is 20.6 Å². The molecule has 1 aromatic carbocycles. The van der Waals surface area contributed by atoms with Crippen LogP contribution in [0.2, 0.25) is 0 Å². The van der Waals surface area contributed by atoms with E-state index in [9.17, 15) is 4.39 Å². The van der Waals surface area contributed by atoms with Gasteiger partial charge in [-0.15, -0.1) is 0 Å². The Morgan fingerprint density at radius 3 is 2.58 bits per heavy atom. The second kappa shape index (κ2) is 5.69. The molecule has 1 N–H and O–H groups in total. The van der Waals surface area contributed by atoms with Crippen molar-refractivity contribution in [1.82, 2.24) is 4.98 Å². The molecule has 2 aromatic rings. The molecule has 0 atom stereocenters. The van der Waals surface area contributed by atoms with Gasteiger partial charge >= 0.3 is 0 Å². The van der Waals surface area contributed by atoms with Crippen molar-refractivity contribution in [2.75, 3.05) is 24.3 Å². The number of halogens is 1. The maximum Gasteiger partial charge on any atom is 0.128 e. The van der Waals surface area contributed by atoms with Crippen LogP contribution >= 0.6 is 0 Å². The minimum Gasteiger partial charge on any atom is -0.380 e. The zero-order valence-corrected chi connectivity index (χ0v) is 11.4. The van der Waals surface area contributed by atoms with Crippen LogP contribution in [0.1, 0.15) is 11.1 Å². The van der Waals surface area contributed by atoms with E-state index in [4.69, 9.17) is 0 Å². The van der Waals surface area contributed by atoms with Crippen molar-refractivity contribution in [3.8, 4) is 0 Å². The third kappa shape index (κ3) is 3.44. The zero-order valence-electron chi connectivity index (χ0n) is 11.4. The fourth-order valence-electron chi connectivity index (χ4n) is 1.78. The Morgan fingerprint density at radius 2 is 2.00 bits per heavy atom. The van der Waals surface area contributed by atoms with E-state index in [1.165, 1.54) is 6.07 Å². The molecule has 0 saturated heterocycles. The van der Waals surface area contributed by atoms with Crippen molar-refractivity contribution in [2.45, 2.75) is 13.5 Å². The minimum absolute atomic E-state index is 0.166. The van der Waals surface area contributed by atoms with Gasteiger partial charge in [-0.25, -0.2) is 9.37 Å². The zero-order chi connectivity index (χ0) is 13.8.